The molecule has 0 saturated carbocycles. The van der Waals surface area contributed by atoms with Gasteiger partial charge in [-0.3, -0.25) is 0 Å². The molecule has 0 fully saturated rings. The molecular formula is C18H21ClIN. The fraction of sp³-hybridized carbons (Fsp3) is 0.333. The number of hydrogen-bond acceptors (Lipinski definition) is 1. The van der Waals surface area contributed by atoms with Gasteiger partial charge in [-0.15, -0.1) is 0 Å². The predicted octanol–water partition coefficient (Wildman–Crippen LogP) is 5.45. The number of halogens is 2. The first-order valence-electron chi connectivity index (χ1n) is 7.25. The molecule has 2 aromatic carbocycles. The van der Waals surface area contributed by atoms with E-state index in [4.69, 9.17) is 11.6 Å². The molecule has 1 unspecified atom stereocenters. The van der Waals surface area contributed by atoms with Crippen molar-refractivity contribution >= 4 is 34.2 Å². The van der Waals surface area contributed by atoms with Crippen LogP contribution >= 0.6 is 34.2 Å². The van der Waals surface area contributed by atoms with Crippen LogP contribution in [-0.4, -0.2) is 6.54 Å². The monoisotopic (exact) mass is 413 g/mol. The molecule has 1 nitrogen and oxygen atoms in total. The minimum atomic E-state index is 0.293. The van der Waals surface area contributed by atoms with E-state index in [1.165, 1.54) is 25.8 Å². The van der Waals surface area contributed by atoms with Crippen LogP contribution in [0.5, 0.6) is 0 Å². The van der Waals surface area contributed by atoms with Crippen LogP contribution in [0.25, 0.3) is 0 Å². The van der Waals surface area contributed by atoms with Crippen LogP contribution in [-0.2, 0) is 6.42 Å². The largest absolute Gasteiger partial charge is 0.310 e. The van der Waals surface area contributed by atoms with Crippen molar-refractivity contribution in [1.29, 1.82) is 0 Å². The maximum Gasteiger partial charge on any atom is 0.0410 e. The molecule has 112 valence electrons. The Kier molecular flexibility index (Phi) is 6.08. The van der Waals surface area contributed by atoms with Gasteiger partial charge in [-0.2, -0.15) is 0 Å². The third kappa shape index (κ3) is 4.70. The molecule has 0 bridgehead atoms. The van der Waals surface area contributed by atoms with Crippen molar-refractivity contribution in [2.45, 2.75) is 33.2 Å². The number of aryl methyl sites for hydroxylation is 2. The first-order valence-corrected chi connectivity index (χ1v) is 8.70. The van der Waals surface area contributed by atoms with Crippen LogP contribution in [0.4, 0.5) is 0 Å². The van der Waals surface area contributed by atoms with Crippen molar-refractivity contribution in [2.24, 2.45) is 0 Å². The Morgan fingerprint density at radius 2 is 1.76 bits per heavy atom. The molecule has 2 rings (SSSR count). The number of nitrogens with one attached hydrogen (secondary N) is 1. The first kappa shape index (κ1) is 16.8. The van der Waals surface area contributed by atoms with Crippen LogP contribution < -0.4 is 5.32 Å². The summed E-state index contributed by atoms with van der Waals surface area (Å²) in [6.45, 7) is 7.40. The minimum Gasteiger partial charge on any atom is -0.310 e. The lowest BCUT2D eigenvalue weighted by atomic mass is 9.96. The molecule has 1 N–H and O–H groups in total. The van der Waals surface area contributed by atoms with Gasteiger partial charge in [-0.1, -0.05) is 47.9 Å². The van der Waals surface area contributed by atoms with Crippen molar-refractivity contribution < 1.29 is 0 Å². The maximum absolute atomic E-state index is 6.18. The normalized spacial score (nSPS) is 12.4. The zero-order valence-corrected chi connectivity index (χ0v) is 15.6. The minimum absolute atomic E-state index is 0.293. The molecule has 0 aliphatic rings. The predicted molar refractivity (Wildman–Crippen MR) is 100 cm³/mol. The van der Waals surface area contributed by atoms with E-state index in [0.717, 1.165) is 18.0 Å². The molecule has 2 aromatic rings. The SMILES string of the molecule is CCNC(Cc1cc(C)cc(C)c1)c1cc(Cl)ccc1I. The summed E-state index contributed by atoms with van der Waals surface area (Å²) in [7, 11) is 0. The molecule has 0 aliphatic heterocycles. The standard InChI is InChI=1S/C18H21ClIN/c1-4-21-18(16-11-15(19)5-6-17(16)20)10-14-8-12(2)7-13(3)9-14/h5-9,11,18,21H,4,10H2,1-3H3. The Morgan fingerprint density at radius 1 is 1.10 bits per heavy atom. The Morgan fingerprint density at radius 3 is 2.38 bits per heavy atom. The van der Waals surface area contributed by atoms with Gasteiger partial charge in [0.15, 0.2) is 0 Å². The van der Waals surface area contributed by atoms with Crippen LogP contribution in [0, 0.1) is 17.4 Å². The summed E-state index contributed by atoms with van der Waals surface area (Å²) in [4.78, 5) is 0. The Labute approximate surface area is 146 Å². The quantitative estimate of drug-likeness (QED) is 0.642. The summed E-state index contributed by atoms with van der Waals surface area (Å²) in [6, 6.07) is 13.2. The molecule has 21 heavy (non-hydrogen) atoms. The van der Waals surface area contributed by atoms with Crippen molar-refractivity contribution in [1.82, 2.24) is 5.32 Å². The molecule has 0 amide bonds. The van der Waals surface area contributed by atoms with E-state index in [-0.39, 0.29) is 0 Å². The molecule has 0 radical (unpaired) electrons. The highest BCUT2D eigenvalue weighted by atomic mass is 127. The van der Waals surface area contributed by atoms with Crippen LogP contribution in [0.3, 0.4) is 0 Å². The van der Waals surface area contributed by atoms with Gasteiger partial charge in [-0.25, -0.2) is 0 Å². The Hall–Kier alpha value is -0.580. The lowest BCUT2D eigenvalue weighted by molar-refractivity contribution is 0.547. The highest BCUT2D eigenvalue weighted by Gasteiger charge is 2.15. The lowest BCUT2D eigenvalue weighted by Gasteiger charge is -2.21. The molecule has 3 heteroatoms. The fourth-order valence-corrected chi connectivity index (χ4v) is 3.63. The third-order valence-corrected chi connectivity index (χ3v) is 4.72. The molecule has 0 aromatic heterocycles. The van der Waals surface area contributed by atoms with Crippen LogP contribution in [0.2, 0.25) is 5.02 Å². The van der Waals surface area contributed by atoms with E-state index in [0.29, 0.717) is 6.04 Å². The van der Waals surface area contributed by atoms with E-state index in [2.05, 4.69) is 79.0 Å². The van der Waals surface area contributed by atoms with Crippen LogP contribution in [0.15, 0.2) is 36.4 Å². The molecule has 0 heterocycles. The average molecular weight is 414 g/mol. The molecule has 0 spiro atoms. The van der Waals surface area contributed by atoms with Crippen LogP contribution in [0.1, 0.15) is 35.2 Å². The maximum atomic E-state index is 6.18. The van der Waals surface area contributed by atoms with Crippen molar-refractivity contribution in [3.63, 3.8) is 0 Å². The second kappa shape index (κ2) is 7.61. The van der Waals surface area contributed by atoms with Gasteiger partial charge >= 0.3 is 0 Å². The van der Waals surface area contributed by atoms with Gasteiger partial charge in [0.2, 0.25) is 0 Å². The van der Waals surface area contributed by atoms with E-state index >= 15 is 0 Å². The first-order chi connectivity index (χ1) is 9.99. The Balaban J connectivity index is 2.32. The van der Waals surface area contributed by atoms with Gasteiger partial charge in [0, 0.05) is 14.6 Å². The van der Waals surface area contributed by atoms with Crippen molar-refractivity contribution in [2.75, 3.05) is 6.54 Å². The summed E-state index contributed by atoms with van der Waals surface area (Å²) in [5.74, 6) is 0. The van der Waals surface area contributed by atoms with E-state index < -0.39 is 0 Å². The molecule has 0 aliphatic carbocycles. The molecule has 0 saturated heterocycles. The van der Waals surface area contributed by atoms with Gasteiger partial charge in [-0.05, 0) is 78.7 Å². The second-order valence-electron chi connectivity index (χ2n) is 5.48. The third-order valence-electron chi connectivity index (χ3n) is 3.51. The zero-order chi connectivity index (χ0) is 15.4. The summed E-state index contributed by atoms with van der Waals surface area (Å²) in [5.41, 5.74) is 5.29. The van der Waals surface area contributed by atoms with Crippen molar-refractivity contribution in [3.05, 3.63) is 67.2 Å². The zero-order valence-electron chi connectivity index (χ0n) is 12.7. The number of rotatable bonds is 5. The second-order valence-corrected chi connectivity index (χ2v) is 7.07. The van der Waals surface area contributed by atoms with E-state index in [1.807, 2.05) is 6.07 Å². The van der Waals surface area contributed by atoms with Gasteiger partial charge in [0.25, 0.3) is 0 Å². The summed E-state index contributed by atoms with van der Waals surface area (Å²) in [5, 5.41) is 4.39. The average Bonchev–Trinajstić information content (AvgIpc) is 2.40. The van der Waals surface area contributed by atoms with Gasteiger partial charge < -0.3 is 5.32 Å². The summed E-state index contributed by atoms with van der Waals surface area (Å²) >= 11 is 8.57. The number of hydrogen-bond donors (Lipinski definition) is 1. The summed E-state index contributed by atoms with van der Waals surface area (Å²) < 4.78 is 1.26. The van der Waals surface area contributed by atoms with E-state index in [1.54, 1.807) is 0 Å². The number of benzene rings is 2. The highest BCUT2D eigenvalue weighted by Crippen LogP contribution is 2.27. The molecular weight excluding hydrogens is 393 g/mol. The highest BCUT2D eigenvalue weighted by molar-refractivity contribution is 14.1. The van der Waals surface area contributed by atoms with Gasteiger partial charge in [0.05, 0.1) is 0 Å². The van der Waals surface area contributed by atoms with E-state index in [9.17, 15) is 0 Å². The Bertz CT molecular complexity index is 604. The molecule has 1 atom stereocenters. The smallest absolute Gasteiger partial charge is 0.0410 e. The number of likely N-dealkylation sites (N-methyl/N-ethyl adjacent to an activating group) is 1. The lowest BCUT2D eigenvalue weighted by Crippen LogP contribution is -2.24. The fourth-order valence-electron chi connectivity index (χ4n) is 2.74. The van der Waals surface area contributed by atoms with Gasteiger partial charge in [0.1, 0.15) is 0 Å². The van der Waals surface area contributed by atoms with Crippen molar-refractivity contribution in [3.8, 4) is 0 Å². The summed E-state index contributed by atoms with van der Waals surface area (Å²) in [6.07, 6.45) is 0.979. The topological polar surface area (TPSA) is 12.0 Å².